The summed E-state index contributed by atoms with van der Waals surface area (Å²) in [5.41, 5.74) is 0. The van der Waals surface area contributed by atoms with Gasteiger partial charge >= 0.3 is 0 Å². The average molecular weight is 115 g/mol. The minimum absolute atomic E-state index is 0.707. The molecule has 2 nitrogen and oxygen atoms in total. The van der Waals surface area contributed by atoms with Crippen LogP contribution in [-0.4, -0.2) is 25.2 Å². The molecule has 0 saturated carbocycles. The topological polar surface area (TPSA) is 28.6 Å². The van der Waals surface area contributed by atoms with Crippen LogP contribution in [0.4, 0.5) is 0 Å². The van der Waals surface area contributed by atoms with Crippen LogP contribution in [0.3, 0.4) is 0 Å². The third-order valence-electron chi connectivity index (χ3n) is 1.61. The first kappa shape index (κ1) is 6.05. The van der Waals surface area contributed by atoms with E-state index in [4.69, 9.17) is 0 Å². The summed E-state index contributed by atoms with van der Waals surface area (Å²) in [4.78, 5) is 0. The van der Waals surface area contributed by atoms with Crippen LogP contribution >= 0.6 is 0 Å². The van der Waals surface area contributed by atoms with Crippen molar-refractivity contribution in [2.45, 2.75) is 25.9 Å². The second kappa shape index (κ2) is 2.46. The lowest BCUT2D eigenvalue weighted by Crippen LogP contribution is -2.92. The summed E-state index contributed by atoms with van der Waals surface area (Å²) >= 11 is 0. The third-order valence-corrected chi connectivity index (χ3v) is 1.61. The molecule has 0 aromatic carbocycles. The lowest BCUT2D eigenvalue weighted by atomic mass is 10.2. The van der Waals surface area contributed by atoms with Gasteiger partial charge in [0.1, 0.15) is 0 Å². The van der Waals surface area contributed by atoms with E-state index in [2.05, 4.69) is 24.5 Å². The minimum atomic E-state index is 0.707. The van der Waals surface area contributed by atoms with E-state index >= 15 is 0 Å². The highest BCUT2D eigenvalue weighted by Gasteiger charge is 2.14. The summed E-state index contributed by atoms with van der Waals surface area (Å²) in [7, 11) is 0. The Morgan fingerprint density at radius 1 is 1.25 bits per heavy atom. The molecule has 0 aliphatic carbocycles. The van der Waals surface area contributed by atoms with Gasteiger partial charge in [-0.1, -0.05) is 0 Å². The summed E-state index contributed by atoms with van der Waals surface area (Å²) in [6, 6.07) is 1.41. The van der Waals surface area contributed by atoms with Gasteiger partial charge in [-0.3, -0.25) is 0 Å². The fourth-order valence-electron chi connectivity index (χ4n) is 1.22. The molecule has 1 aliphatic heterocycles. The van der Waals surface area contributed by atoms with Gasteiger partial charge in [-0.15, -0.1) is 0 Å². The van der Waals surface area contributed by atoms with Gasteiger partial charge in [-0.05, 0) is 13.8 Å². The molecule has 0 amide bonds. The quantitative estimate of drug-likeness (QED) is 0.413. The van der Waals surface area contributed by atoms with Gasteiger partial charge < -0.3 is 10.6 Å². The zero-order valence-corrected chi connectivity index (χ0v) is 5.65. The van der Waals surface area contributed by atoms with Crippen molar-refractivity contribution in [1.29, 1.82) is 0 Å². The Morgan fingerprint density at radius 3 is 2.00 bits per heavy atom. The average Bonchev–Trinajstić information content (AvgIpc) is 1.64. The molecule has 2 atom stereocenters. The van der Waals surface area contributed by atoms with E-state index in [1.54, 1.807) is 0 Å². The number of rotatable bonds is 0. The van der Waals surface area contributed by atoms with Crippen molar-refractivity contribution >= 4 is 0 Å². The van der Waals surface area contributed by atoms with E-state index in [1.807, 2.05) is 0 Å². The maximum atomic E-state index is 3.45. The maximum Gasteiger partial charge on any atom is 0.0909 e. The summed E-state index contributed by atoms with van der Waals surface area (Å²) in [5, 5.41) is 5.81. The molecule has 1 aliphatic rings. The molecule has 2 heteroatoms. The van der Waals surface area contributed by atoms with Gasteiger partial charge in [-0.25, -0.2) is 0 Å². The van der Waals surface area contributed by atoms with Gasteiger partial charge in [-0.2, -0.15) is 0 Å². The Labute approximate surface area is 50.7 Å². The molecule has 3 N–H and O–H groups in total. The summed E-state index contributed by atoms with van der Waals surface area (Å²) in [6.45, 7) is 6.94. The standard InChI is InChI=1S/C6H14N2/c1-5-3-7-4-6(2)8-5/h5-8H,3-4H2,1-2H3/p+1/t5-,6?/m1/s1. The Morgan fingerprint density at radius 2 is 1.75 bits per heavy atom. The van der Waals surface area contributed by atoms with Gasteiger partial charge in [0.15, 0.2) is 0 Å². The van der Waals surface area contributed by atoms with Crippen molar-refractivity contribution in [3.8, 4) is 0 Å². The Kier molecular flexibility index (Phi) is 1.86. The first-order valence-corrected chi connectivity index (χ1v) is 3.37. The number of nitrogens with one attached hydrogen (secondary N) is 1. The van der Waals surface area contributed by atoms with Crippen LogP contribution in [0.25, 0.3) is 0 Å². The number of quaternary nitrogens is 1. The largest absolute Gasteiger partial charge is 0.344 e. The fraction of sp³-hybridized carbons (Fsp3) is 1.00. The van der Waals surface area contributed by atoms with Crippen LogP contribution in [0.2, 0.25) is 0 Å². The van der Waals surface area contributed by atoms with Crippen molar-refractivity contribution in [3.63, 3.8) is 0 Å². The number of piperazine rings is 1. The van der Waals surface area contributed by atoms with Gasteiger partial charge in [0.25, 0.3) is 0 Å². The highest BCUT2D eigenvalue weighted by atomic mass is 15.1. The smallest absolute Gasteiger partial charge is 0.0909 e. The Bertz CT molecular complexity index is 64.9. The number of hydrogen-bond donors (Lipinski definition) is 2. The molecule has 1 saturated heterocycles. The Balaban J connectivity index is 2.23. The number of hydrogen-bond acceptors (Lipinski definition) is 1. The zero-order valence-electron chi connectivity index (χ0n) is 5.65. The highest BCUT2D eigenvalue weighted by molar-refractivity contribution is 4.67. The number of nitrogens with two attached hydrogens (primary N) is 1. The summed E-state index contributed by atoms with van der Waals surface area (Å²) < 4.78 is 0. The molecule has 0 bridgehead atoms. The van der Waals surface area contributed by atoms with Crippen molar-refractivity contribution in [3.05, 3.63) is 0 Å². The molecule has 1 heterocycles. The van der Waals surface area contributed by atoms with Crippen molar-refractivity contribution in [1.82, 2.24) is 5.32 Å². The molecule has 1 unspecified atom stereocenters. The van der Waals surface area contributed by atoms with Gasteiger partial charge in [0.05, 0.1) is 25.2 Å². The zero-order chi connectivity index (χ0) is 5.98. The van der Waals surface area contributed by atoms with E-state index in [9.17, 15) is 0 Å². The maximum absolute atomic E-state index is 3.45. The SMILES string of the molecule is CC1C[NH2+]C[C@@H](C)N1. The van der Waals surface area contributed by atoms with E-state index in [0.717, 1.165) is 0 Å². The van der Waals surface area contributed by atoms with Crippen LogP contribution in [0.1, 0.15) is 13.8 Å². The first-order valence-electron chi connectivity index (χ1n) is 3.37. The summed E-state index contributed by atoms with van der Waals surface area (Å²) in [5.74, 6) is 0. The van der Waals surface area contributed by atoms with Crippen LogP contribution in [-0.2, 0) is 0 Å². The van der Waals surface area contributed by atoms with Crippen molar-refractivity contribution in [2.24, 2.45) is 0 Å². The van der Waals surface area contributed by atoms with E-state index in [-0.39, 0.29) is 0 Å². The lowest BCUT2D eigenvalue weighted by molar-refractivity contribution is -0.666. The van der Waals surface area contributed by atoms with Crippen LogP contribution < -0.4 is 10.6 Å². The van der Waals surface area contributed by atoms with E-state index in [1.165, 1.54) is 13.1 Å². The van der Waals surface area contributed by atoms with Crippen molar-refractivity contribution < 1.29 is 5.32 Å². The molecule has 0 aromatic heterocycles. The molecule has 1 rings (SSSR count). The van der Waals surface area contributed by atoms with Crippen LogP contribution in [0.5, 0.6) is 0 Å². The van der Waals surface area contributed by atoms with Gasteiger partial charge in [0, 0.05) is 0 Å². The highest BCUT2D eigenvalue weighted by Crippen LogP contribution is 1.84. The molecule has 0 aromatic rings. The lowest BCUT2D eigenvalue weighted by Gasteiger charge is -2.23. The molecule has 1 fully saturated rings. The molecule has 0 radical (unpaired) electrons. The second-order valence-corrected chi connectivity index (χ2v) is 2.73. The van der Waals surface area contributed by atoms with E-state index in [0.29, 0.717) is 12.1 Å². The first-order chi connectivity index (χ1) is 3.79. The third kappa shape index (κ3) is 1.46. The minimum Gasteiger partial charge on any atom is -0.344 e. The van der Waals surface area contributed by atoms with Crippen LogP contribution in [0, 0.1) is 0 Å². The predicted octanol–water partition coefficient (Wildman–Crippen LogP) is -1.07. The molecular weight excluding hydrogens is 100 g/mol. The van der Waals surface area contributed by atoms with Crippen LogP contribution in [0.15, 0.2) is 0 Å². The molecule has 8 heavy (non-hydrogen) atoms. The fourth-order valence-corrected chi connectivity index (χ4v) is 1.22. The predicted molar refractivity (Wildman–Crippen MR) is 33.7 cm³/mol. The van der Waals surface area contributed by atoms with E-state index < -0.39 is 0 Å². The Hall–Kier alpha value is -0.0800. The molecule has 0 spiro atoms. The molecular formula is C6H15N2+. The molecule has 48 valence electrons. The van der Waals surface area contributed by atoms with Crippen molar-refractivity contribution in [2.75, 3.05) is 13.1 Å². The van der Waals surface area contributed by atoms with Gasteiger partial charge in [0.2, 0.25) is 0 Å². The summed E-state index contributed by atoms with van der Waals surface area (Å²) in [6.07, 6.45) is 0. The normalized spacial score (nSPS) is 39.8. The monoisotopic (exact) mass is 115 g/mol. The second-order valence-electron chi connectivity index (χ2n) is 2.73.